The molecule has 20 heavy (non-hydrogen) atoms. The number of hydrogen-bond donors (Lipinski definition) is 3. The number of amides is 2. The molecule has 7 heteroatoms. The minimum Gasteiger partial charge on any atom is -0.481 e. The SMILES string of the molecule is O=C(NCc1ccon1)NCC1CCC(C(=O)O)CC1. The Morgan fingerprint density at radius 1 is 1.30 bits per heavy atom. The predicted molar refractivity (Wildman–Crippen MR) is 69.8 cm³/mol. The summed E-state index contributed by atoms with van der Waals surface area (Å²) in [7, 11) is 0. The van der Waals surface area contributed by atoms with Crippen molar-refractivity contribution in [3.05, 3.63) is 18.0 Å². The van der Waals surface area contributed by atoms with E-state index in [0.717, 1.165) is 12.8 Å². The van der Waals surface area contributed by atoms with E-state index < -0.39 is 5.97 Å². The van der Waals surface area contributed by atoms with E-state index in [-0.39, 0.29) is 11.9 Å². The number of rotatable bonds is 5. The maximum Gasteiger partial charge on any atom is 0.315 e. The highest BCUT2D eigenvalue weighted by molar-refractivity contribution is 5.73. The second-order valence-electron chi connectivity index (χ2n) is 5.11. The third-order valence-electron chi connectivity index (χ3n) is 3.67. The largest absolute Gasteiger partial charge is 0.481 e. The lowest BCUT2D eigenvalue weighted by molar-refractivity contribution is -0.143. The van der Waals surface area contributed by atoms with E-state index in [1.165, 1.54) is 6.26 Å². The van der Waals surface area contributed by atoms with Gasteiger partial charge in [-0.05, 0) is 31.6 Å². The first-order chi connectivity index (χ1) is 9.65. The quantitative estimate of drug-likeness (QED) is 0.756. The van der Waals surface area contributed by atoms with Gasteiger partial charge in [-0.15, -0.1) is 0 Å². The van der Waals surface area contributed by atoms with Gasteiger partial charge in [0.05, 0.1) is 12.5 Å². The van der Waals surface area contributed by atoms with Crippen molar-refractivity contribution in [3.8, 4) is 0 Å². The summed E-state index contributed by atoms with van der Waals surface area (Å²) < 4.78 is 4.66. The molecule has 1 heterocycles. The highest BCUT2D eigenvalue weighted by atomic mass is 16.5. The van der Waals surface area contributed by atoms with Gasteiger partial charge >= 0.3 is 12.0 Å². The van der Waals surface area contributed by atoms with Gasteiger partial charge in [0, 0.05) is 12.6 Å². The lowest BCUT2D eigenvalue weighted by Gasteiger charge is -2.26. The molecule has 0 aliphatic heterocycles. The second-order valence-corrected chi connectivity index (χ2v) is 5.11. The van der Waals surface area contributed by atoms with Crippen molar-refractivity contribution in [3.63, 3.8) is 0 Å². The Morgan fingerprint density at radius 2 is 2.05 bits per heavy atom. The van der Waals surface area contributed by atoms with Crippen LogP contribution in [0.3, 0.4) is 0 Å². The molecular formula is C13H19N3O4. The number of aliphatic carboxylic acids is 1. The third kappa shape index (κ3) is 4.25. The Kier molecular flexibility index (Phi) is 4.97. The molecular weight excluding hydrogens is 262 g/mol. The molecule has 1 aromatic rings. The number of nitrogens with one attached hydrogen (secondary N) is 2. The number of carbonyl (C=O) groups excluding carboxylic acids is 1. The number of aromatic nitrogens is 1. The monoisotopic (exact) mass is 281 g/mol. The van der Waals surface area contributed by atoms with Crippen molar-refractivity contribution >= 4 is 12.0 Å². The first-order valence-electron chi connectivity index (χ1n) is 6.79. The highest BCUT2D eigenvalue weighted by Crippen LogP contribution is 2.28. The van der Waals surface area contributed by atoms with Gasteiger partial charge in [0.1, 0.15) is 12.0 Å². The summed E-state index contributed by atoms with van der Waals surface area (Å²) in [5.74, 6) is -0.558. The summed E-state index contributed by atoms with van der Waals surface area (Å²) in [4.78, 5) is 22.4. The van der Waals surface area contributed by atoms with E-state index in [0.29, 0.717) is 37.5 Å². The summed E-state index contributed by atoms with van der Waals surface area (Å²) in [6.07, 6.45) is 4.54. The lowest BCUT2D eigenvalue weighted by Crippen LogP contribution is -2.39. The van der Waals surface area contributed by atoms with E-state index in [4.69, 9.17) is 5.11 Å². The van der Waals surface area contributed by atoms with Crippen molar-refractivity contribution in [1.29, 1.82) is 0 Å². The summed E-state index contributed by atoms with van der Waals surface area (Å²) in [5.41, 5.74) is 0.669. The first kappa shape index (κ1) is 14.4. The van der Waals surface area contributed by atoms with Gasteiger partial charge in [-0.2, -0.15) is 0 Å². The zero-order valence-electron chi connectivity index (χ0n) is 11.2. The molecule has 1 aromatic heterocycles. The summed E-state index contributed by atoms with van der Waals surface area (Å²) >= 11 is 0. The molecule has 0 radical (unpaired) electrons. The number of hydrogen-bond acceptors (Lipinski definition) is 4. The Balaban J connectivity index is 1.61. The maximum absolute atomic E-state index is 11.6. The van der Waals surface area contributed by atoms with E-state index in [1.807, 2.05) is 0 Å². The molecule has 2 rings (SSSR count). The van der Waals surface area contributed by atoms with Crippen LogP contribution in [0, 0.1) is 11.8 Å². The van der Waals surface area contributed by atoms with E-state index in [9.17, 15) is 9.59 Å². The van der Waals surface area contributed by atoms with Gasteiger partial charge in [-0.3, -0.25) is 4.79 Å². The number of carboxylic acid groups (broad SMARTS) is 1. The minimum atomic E-state index is -0.707. The topological polar surface area (TPSA) is 104 Å². The lowest BCUT2D eigenvalue weighted by atomic mass is 9.82. The number of carboxylic acids is 1. The van der Waals surface area contributed by atoms with Gasteiger partial charge in [-0.1, -0.05) is 5.16 Å². The van der Waals surface area contributed by atoms with Crippen LogP contribution < -0.4 is 10.6 Å². The molecule has 1 fully saturated rings. The minimum absolute atomic E-state index is 0.216. The van der Waals surface area contributed by atoms with E-state index in [2.05, 4.69) is 20.3 Å². The van der Waals surface area contributed by atoms with Crippen LogP contribution in [0.15, 0.2) is 16.9 Å². The molecule has 110 valence electrons. The van der Waals surface area contributed by atoms with Gasteiger partial charge in [0.2, 0.25) is 0 Å². The molecule has 0 spiro atoms. The maximum atomic E-state index is 11.6. The standard InChI is InChI=1S/C13H19N3O4/c17-12(18)10-3-1-9(2-4-10)7-14-13(19)15-8-11-5-6-20-16-11/h5-6,9-10H,1-4,7-8H2,(H,17,18)(H2,14,15,19). The van der Waals surface area contributed by atoms with E-state index in [1.54, 1.807) is 6.07 Å². The Bertz CT molecular complexity index is 438. The van der Waals surface area contributed by atoms with Crippen molar-refractivity contribution < 1.29 is 19.2 Å². The van der Waals surface area contributed by atoms with Crippen molar-refractivity contribution in [2.45, 2.75) is 32.2 Å². The van der Waals surface area contributed by atoms with Crippen molar-refractivity contribution in [2.24, 2.45) is 11.8 Å². The molecule has 2 amide bonds. The average molecular weight is 281 g/mol. The van der Waals surface area contributed by atoms with Crippen molar-refractivity contribution in [1.82, 2.24) is 15.8 Å². The fraction of sp³-hybridized carbons (Fsp3) is 0.615. The van der Waals surface area contributed by atoms with Crippen LogP contribution in [0.2, 0.25) is 0 Å². The molecule has 0 atom stereocenters. The molecule has 1 aliphatic carbocycles. The number of urea groups is 1. The van der Waals surface area contributed by atoms with Crippen LogP contribution in [0.25, 0.3) is 0 Å². The number of nitrogens with zero attached hydrogens (tertiary/aromatic N) is 1. The Morgan fingerprint density at radius 3 is 2.65 bits per heavy atom. The van der Waals surface area contributed by atoms with Crippen LogP contribution >= 0.6 is 0 Å². The first-order valence-corrected chi connectivity index (χ1v) is 6.79. The van der Waals surface area contributed by atoms with Gasteiger partial charge < -0.3 is 20.3 Å². The van der Waals surface area contributed by atoms with Crippen LogP contribution in [0.4, 0.5) is 4.79 Å². The molecule has 0 aromatic carbocycles. The Hall–Kier alpha value is -2.05. The summed E-state index contributed by atoms with van der Waals surface area (Å²) in [5, 5.41) is 18.1. The van der Waals surface area contributed by atoms with Gasteiger partial charge in [0.25, 0.3) is 0 Å². The molecule has 3 N–H and O–H groups in total. The smallest absolute Gasteiger partial charge is 0.315 e. The molecule has 1 saturated carbocycles. The predicted octanol–water partition coefficient (Wildman–Crippen LogP) is 1.36. The van der Waals surface area contributed by atoms with E-state index >= 15 is 0 Å². The highest BCUT2D eigenvalue weighted by Gasteiger charge is 2.25. The zero-order valence-corrected chi connectivity index (χ0v) is 11.2. The van der Waals surface area contributed by atoms with Crippen LogP contribution in [-0.4, -0.2) is 28.8 Å². The fourth-order valence-electron chi connectivity index (χ4n) is 2.41. The third-order valence-corrected chi connectivity index (χ3v) is 3.67. The normalized spacial score (nSPS) is 22.2. The van der Waals surface area contributed by atoms with Crippen LogP contribution in [-0.2, 0) is 11.3 Å². The van der Waals surface area contributed by atoms with Gasteiger partial charge in [0.15, 0.2) is 0 Å². The molecule has 0 unspecified atom stereocenters. The average Bonchev–Trinajstić information content (AvgIpc) is 2.96. The summed E-state index contributed by atoms with van der Waals surface area (Å²) in [6, 6.07) is 1.45. The zero-order chi connectivity index (χ0) is 14.4. The van der Waals surface area contributed by atoms with Gasteiger partial charge in [-0.25, -0.2) is 4.79 Å². The molecule has 7 nitrogen and oxygen atoms in total. The van der Waals surface area contributed by atoms with Crippen LogP contribution in [0.5, 0.6) is 0 Å². The Labute approximate surface area is 116 Å². The fourth-order valence-corrected chi connectivity index (χ4v) is 2.41. The molecule has 0 saturated heterocycles. The van der Waals surface area contributed by atoms with Crippen LogP contribution in [0.1, 0.15) is 31.4 Å². The van der Waals surface area contributed by atoms with Crippen molar-refractivity contribution in [2.75, 3.05) is 6.54 Å². The molecule has 1 aliphatic rings. The second kappa shape index (κ2) is 6.93. The number of carbonyl (C=O) groups is 2. The molecule has 0 bridgehead atoms. The summed E-state index contributed by atoms with van der Waals surface area (Å²) in [6.45, 7) is 0.908.